The zero-order valence-corrected chi connectivity index (χ0v) is 15.3. The molecule has 1 amide bonds. The van der Waals surface area contributed by atoms with Gasteiger partial charge in [-0.3, -0.25) is 4.79 Å². The number of hydrogen-bond acceptors (Lipinski definition) is 3. The van der Waals surface area contributed by atoms with Crippen molar-refractivity contribution in [1.29, 1.82) is 0 Å². The molecule has 1 saturated carbocycles. The number of carbonyl (C=O) groups is 1. The van der Waals surface area contributed by atoms with Crippen molar-refractivity contribution in [2.75, 3.05) is 13.1 Å². The Morgan fingerprint density at radius 2 is 1.68 bits per heavy atom. The molecule has 0 bridgehead atoms. The minimum Gasteiger partial charge on any atom is -0.338 e. The number of benzene rings is 1. The maximum Gasteiger partial charge on any atom is 0.254 e. The molecule has 0 radical (unpaired) electrons. The third-order valence-corrected chi connectivity index (χ3v) is 5.72. The van der Waals surface area contributed by atoms with Crippen LogP contribution in [0, 0.1) is 20.8 Å². The molecule has 4 rings (SSSR count). The van der Waals surface area contributed by atoms with E-state index in [9.17, 15) is 4.79 Å². The summed E-state index contributed by atoms with van der Waals surface area (Å²) >= 11 is 0. The summed E-state index contributed by atoms with van der Waals surface area (Å²) in [5.74, 6) is 0.805. The largest absolute Gasteiger partial charge is 0.338 e. The van der Waals surface area contributed by atoms with Gasteiger partial charge in [0.25, 0.3) is 5.91 Å². The lowest BCUT2D eigenvalue weighted by molar-refractivity contribution is 0.0688. The molecule has 5 heteroatoms. The van der Waals surface area contributed by atoms with Crippen LogP contribution >= 0.6 is 0 Å². The minimum atomic E-state index is 0.163. The van der Waals surface area contributed by atoms with Gasteiger partial charge in [0, 0.05) is 30.8 Å². The zero-order chi connectivity index (χ0) is 17.6. The molecule has 0 unspecified atom stereocenters. The SMILES string of the molecule is Cc1cc(C)c(C(=O)N2CCC(n3cc(C4CC4)nn3)CC2)cc1C. The summed E-state index contributed by atoms with van der Waals surface area (Å²) in [6, 6.07) is 4.52. The molecule has 2 fully saturated rings. The minimum absolute atomic E-state index is 0.163. The van der Waals surface area contributed by atoms with Gasteiger partial charge in [0.2, 0.25) is 0 Å². The van der Waals surface area contributed by atoms with E-state index in [0.717, 1.165) is 42.8 Å². The van der Waals surface area contributed by atoms with Gasteiger partial charge in [-0.25, -0.2) is 4.68 Å². The molecule has 2 aromatic rings. The van der Waals surface area contributed by atoms with Crippen molar-refractivity contribution in [3.05, 3.63) is 46.3 Å². The van der Waals surface area contributed by atoms with Crippen LogP contribution in [-0.4, -0.2) is 38.9 Å². The molecule has 1 aliphatic heterocycles. The fourth-order valence-corrected chi connectivity index (χ4v) is 3.73. The average Bonchev–Trinajstić information content (AvgIpc) is 3.35. The van der Waals surface area contributed by atoms with E-state index in [1.807, 2.05) is 22.6 Å². The number of rotatable bonds is 3. The van der Waals surface area contributed by atoms with Gasteiger partial charge in [-0.1, -0.05) is 11.3 Å². The van der Waals surface area contributed by atoms with Crippen LogP contribution in [0.5, 0.6) is 0 Å². The molecule has 132 valence electrons. The number of nitrogens with zero attached hydrogens (tertiary/aromatic N) is 4. The Morgan fingerprint density at radius 3 is 2.36 bits per heavy atom. The maximum absolute atomic E-state index is 12.9. The first kappa shape index (κ1) is 16.3. The van der Waals surface area contributed by atoms with Gasteiger partial charge < -0.3 is 4.90 Å². The quantitative estimate of drug-likeness (QED) is 0.860. The van der Waals surface area contributed by atoms with Crippen LogP contribution in [0.15, 0.2) is 18.3 Å². The molecule has 25 heavy (non-hydrogen) atoms. The van der Waals surface area contributed by atoms with Gasteiger partial charge >= 0.3 is 0 Å². The summed E-state index contributed by atoms with van der Waals surface area (Å²) < 4.78 is 2.02. The lowest BCUT2D eigenvalue weighted by atomic mass is 9.98. The van der Waals surface area contributed by atoms with Crippen molar-refractivity contribution >= 4 is 5.91 Å². The highest BCUT2D eigenvalue weighted by Gasteiger charge is 2.29. The number of likely N-dealkylation sites (tertiary alicyclic amines) is 1. The standard InChI is InChI=1S/C20H26N4O/c1-13-10-15(3)18(11-14(13)2)20(25)23-8-6-17(7-9-23)24-12-19(21-22-24)16-4-5-16/h10-12,16-17H,4-9H2,1-3H3. The molecule has 1 aromatic heterocycles. The smallest absolute Gasteiger partial charge is 0.254 e. The second-order valence-corrected chi connectivity index (χ2v) is 7.67. The topological polar surface area (TPSA) is 51.0 Å². The highest BCUT2D eigenvalue weighted by Crippen LogP contribution is 2.39. The number of aromatic nitrogens is 3. The predicted octanol–water partition coefficient (Wildman–Crippen LogP) is 3.56. The van der Waals surface area contributed by atoms with E-state index in [4.69, 9.17) is 0 Å². The van der Waals surface area contributed by atoms with Crippen molar-refractivity contribution in [3.8, 4) is 0 Å². The molecule has 5 nitrogen and oxygen atoms in total. The number of hydrogen-bond donors (Lipinski definition) is 0. The molecular formula is C20H26N4O. The number of carbonyl (C=O) groups excluding carboxylic acids is 1. The Hall–Kier alpha value is -2.17. The predicted molar refractivity (Wildman–Crippen MR) is 96.8 cm³/mol. The first-order valence-electron chi connectivity index (χ1n) is 9.32. The average molecular weight is 338 g/mol. The highest BCUT2D eigenvalue weighted by atomic mass is 16.2. The van der Waals surface area contributed by atoms with Crippen LogP contribution in [0.2, 0.25) is 0 Å². The van der Waals surface area contributed by atoms with E-state index >= 15 is 0 Å². The molecule has 0 atom stereocenters. The molecule has 1 aliphatic carbocycles. The van der Waals surface area contributed by atoms with E-state index in [2.05, 4.69) is 36.4 Å². The number of amides is 1. The Morgan fingerprint density at radius 1 is 1.00 bits per heavy atom. The maximum atomic E-state index is 12.9. The van der Waals surface area contributed by atoms with Gasteiger partial charge in [0.05, 0.1) is 11.7 Å². The molecular weight excluding hydrogens is 312 g/mol. The summed E-state index contributed by atoms with van der Waals surface area (Å²) in [5.41, 5.74) is 5.48. The van der Waals surface area contributed by atoms with Crippen molar-refractivity contribution in [2.45, 2.75) is 58.4 Å². The van der Waals surface area contributed by atoms with Crippen molar-refractivity contribution in [3.63, 3.8) is 0 Å². The van der Waals surface area contributed by atoms with Crippen molar-refractivity contribution in [2.24, 2.45) is 0 Å². The van der Waals surface area contributed by atoms with Gasteiger partial charge in [-0.2, -0.15) is 0 Å². The van der Waals surface area contributed by atoms with Gasteiger partial charge in [0.15, 0.2) is 0 Å². The second kappa shape index (κ2) is 6.28. The number of aryl methyl sites for hydroxylation is 3. The summed E-state index contributed by atoms with van der Waals surface area (Å²) in [6.45, 7) is 7.76. The Labute approximate surface area is 149 Å². The van der Waals surface area contributed by atoms with Crippen LogP contribution in [0.4, 0.5) is 0 Å². The Balaban J connectivity index is 1.42. The van der Waals surface area contributed by atoms with Crippen LogP contribution in [0.1, 0.15) is 70.4 Å². The van der Waals surface area contributed by atoms with Crippen molar-refractivity contribution in [1.82, 2.24) is 19.9 Å². The summed E-state index contributed by atoms with van der Waals surface area (Å²) in [7, 11) is 0. The fraction of sp³-hybridized carbons (Fsp3) is 0.550. The third kappa shape index (κ3) is 3.20. The molecule has 1 saturated heterocycles. The van der Waals surface area contributed by atoms with E-state index in [1.54, 1.807) is 0 Å². The summed E-state index contributed by atoms with van der Waals surface area (Å²) in [6.07, 6.45) is 6.52. The number of piperidine rings is 1. The molecule has 0 spiro atoms. The first-order valence-corrected chi connectivity index (χ1v) is 9.32. The molecule has 2 aliphatic rings. The normalized spacial score (nSPS) is 18.6. The second-order valence-electron chi connectivity index (χ2n) is 7.67. The lowest BCUT2D eigenvalue weighted by Crippen LogP contribution is -2.39. The molecule has 2 heterocycles. The Kier molecular flexibility index (Phi) is 4.10. The van der Waals surface area contributed by atoms with E-state index < -0.39 is 0 Å². The van der Waals surface area contributed by atoms with E-state index in [0.29, 0.717) is 12.0 Å². The summed E-state index contributed by atoms with van der Waals surface area (Å²) in [4.78, 5) is 14.9. The molecule has 1 aromatic carbocycles. The monoisotopic (exact) mass is 338 g/mol. The van der Waals surface area contributed by atoms with E-state index in [1.165, 1.54) is 24.0 Å². The summed E-state index contributed by atoms with van der Waals surface area (Å²) in [5, 5.41) is 8.64. The lowest BCUT2D eigenvalue weighted by Gasteiger charge is -2.32. The highest BCUT2D eigenvalue weighted by molar-refractivity contribution is 5.96. The van der Waals surface area contributed by atoms with Gasteiger partial charge in [0.1, 0.15) is 0 Å². The van der Waals surface area contributed by atoms with Crippen LogP contribution < -0.4 is 0 Å². The fourth-order valence-electron chi connectivity index (χ4n) is 3.73. The van der Waals surface area contributed by atoms with Crippen LogP contribution in [0.25, 0.3) is 0 Å². The third-order valence-electron chi connectivity index (χ3n) is 5.72. The van der Waals surface area contributed by atoms with Gasteiger partial charge in [-0.15, -0.1) is 5.10 Å². The van der Waals surface area contributed by atoms with Crippen molar-refractivity contribution < 1.29 is 4.79 Å². The Bertz CT molecular complexity index is 798. The first-order chi connectivity index (χ1) is 12.0. The van der Waals surface area contributed by atoms with Crippen LogP contribution in [0.3, 0.4) is 0 Å². The van der Waals surface area contributed by atoms with Crippen LogP contribution in [-0.2, 0) is 0 Å². The van der Waals surface area contributed by atoms with E-state index in [-0.39, 0.29) is 5.91 Å². The zero-order valence-electron chi connectivity index (χ0n) is 15.3. The molecule has 0 N–H and O–H groups in total. The van der Waals surface area contributed by atoms with Gasteiger partial charge in [-0.05, 0) is 69.2 Å².